The Labute approximate surface area is 237 Å². The number of carbonyl (C=O) groups excluding carboxylic acids is 2. The summed E-state index contributed by atoms with van der Waals surface area (Å²) in [6.07, 6.45) is 1.60. The summed E-state index contributed by atoms with van der Waals surface area (Å²) in [7, 11) is 0. The van der Waals surface area contributed by atoms with E-state index in [4.69, 9.17) is 4.74 Å². The highest BCUT2D eigenvalue weighted by molar-refractivity contribution is 9.10. The molecule has 4 rings (SSSR count). The smallest absolute Gasteiger partial charge is 0.273 e. The van der Waals surface area contributed by atoms with Crippen LogP contribution in [0.3, 0.4) is 0 Å². The number of hydrogen-bond donors (Lipinski definition) is 3. The van der Waals surface area contributed by atoms with Crippen LogP contribution in [0.15, 0.2) is 70.2 Å². The molecule has 0 saturated carbocycles. The highest BCUT2D eigenvalue weighted by Gasteiger charge is 2.15. The van der Waals surface area contributed by atoms with Gasteiger partial charge in [-0.05, 0) is 66.4 Å². The SMILES string of the molecule is Cc1ccc(C=NNC(=O)c2cc(Br)ccc2NC(=O)c2cccc(CNCCN3CCOCC3)c2)cc1C. The number of morpholine rings is 1. The fourth-order valence-corrected chi connectivity index (χ4v) is 4.56. The second-order valence-corrected chi connectivity index (χ2v) is 10.4. The molecule has 0 aliphatic carbocycles. The summed E-state index contributed by atoms with van der Waals surface area (Å²) in [5.41, 5.74) is 8.02. The molecule has 2 amide bonds. The zero-order valence-corrected chi connectivity index (χ0v) is 23.9. The Bertz CT molecular complexity index is 1340. The Hall–Kier alpha value is -3.37. The molecular weight excluding hydrogens is 558 g/mol. The maximum atomic E-state index is 13.1. The Balaban J connectivity index is 1.35. The van der Waals surface area contributed by atoms with E-state index in [9.17, 15) is 9.59 Å². The largest absolute Gasteiger partial charge is 0.379 e. The molecule has 0 unspecified atom stereocenters. The van der Waals surface area contributed by atoms with Crippen LogP contribution in [-0.2, 0) is 11.3 Å². The molecule has 1 saturated heterocycles. The third-order valence-corrected chi connectivity index (χ3v) is 7.11. The van der Waals surface area contributed by atoms with E-state index in [0.29, 0.717) is 27.8 Å². The number of hydrogen-bond acceptors (Lipinski definition) is 6. The first-order valence-corrected chi connectivity index (χ1v) is 13.8. The van der Waals surface area contributed by atoms with E-state index in [-0.39, 0.29) is 5.91 Å². The van der Waals surface area contributed by atoms with Gasteiger partial charge in [-0.2, -0.15) is 5.10 Å². The van der Waals surface area contributed by atoms with E-state index < -0.39 is 5.91 Å². The van der Waals surface area contributed by atoms with Crippen molar-refractivity contribution in [3.63, 3.8) is 0 Å². The Morgan fingerprint density at radius 2 is 1.82 bits per heavy atom. The first kappa shape index (κ1) is 28.6. The number of rotatable bonds is 10. The normalized spacial score (nSPS) is 13.9. The highest BCUT2D eigenvalue weighted by Crippen LogP contribution is 2.22. The molecule has 0 aromatic heterocycles. The van der Waals surface area contributed by atoms with Crippen molar-refractivity contribution in [3.8, 4) is 0 Å². The van der Waals surface area contributed by atoms with Crippen LogP contribution in [0.4, 0.5) is 5.69 Å². The van der Waals surface area contributed by atoms with Crippen LogP contribution in [0.1, 0.15) is 43.0 Å². The molecule has 3 N–H and O–H groups in total. The third-order valence-electron chi connectivity index (χ3n) is 6.61. The van der Waals surface area contributed by atoms with Crippen LogP contribution in [0.2, 0.25) is 0 Å². The molecule has 0 atom stereocenters. The number of hydrazone groups is 1. The number of halogens is 1. The summed E-state index contributed by atoms with van der Waals surface area (Å²) in [5, 5.41) is 10.4. The number of aryl methyl sites for hydroxylation is 2. The van der Waals surface area contributed by atoms with Crippen molar-refractivity contribution in [1.29, 1.82) is 0 Å². The van der Waals surface area contributed by atoms with Gasteiger partial charge in [0.15, 0.2) is 0 Å². The van der Waals surface area contributed by atoms with E-state index in [2.05, 4.69) is 42.0 Å². The average Bonchev–Trinajstić information content (AvgIpc) is 2.94. The van der Waals surface area contributed by atoms with Crippen molar-refractivity contribution in [1.82, 2.24) is 15.6 Å². The van der Waals surface area contributed by atoms with Gasteiger partial charge in [0.1, 0.15) is 0 Å². The second-order valence-electron chi connectivity index (χ2n) is 9.52. The monoisotopic (exact) mass is 591 g/mol. The number of benzene rings is 3. The summed E-state index contributed by atoms with van der Waals surface area (Å²) in [6.45, 7) is 10.1. The average molecular weight is 593 g/mol. The molecule has 0 spiro atoms. The lowest BCUT2D eigenvalue weighted by atomic mass is 10.1. The van der Waals surface area contributed by atoms with E-state index in [1.54, 1.807) is 30.5 Å². The Morgan fingerprint density at radius 1 is 1.00 bits per heavy atom. The number of carbonyl (C=O) groups is 2. The molecule has 3 aromatic rings. The molecule has 1 heterocycles. The van der Waals surface area contributed by atoms with Gasteiger partial charge in [-0.1, -0.05) is 46.3 Å². The van der Waals surface area contributed by atoms with Gasteiger partial charge in [-0.25, -0.2) is 5.43 Å². The van der Waals surface area contributed by atoms with Crippen molar-refractivity contribution in [2.24, 2.45) is 5.10 Å². The van der Waals surface area contributed by atoms with E-state index in [1.165, 1.54) is 5.56 Å². The Kier molecular flexibility index (Phi) is 10.4. The minimum absolute atomic E-state index is 0.292. The lowest BCUT2D eigenvalue weighted by Gasteiger charge is -2.26. The standard InChI is InChI=1S/C30H34BrN5O3/c1-21-6-7-24(16-22(21)2)20-33-35-30(38)27-18-26(31)8-9-28(27)34-29(37)25-5-3-4-23(17-25)19-32-10-11-36-12-14-39-15-13-36/h3-9,16-18,20,32H,10-15,19H2,1-2H3,(H,34,37)(H,35,38). The van der Waals surface area contributed by atoms with Gasteiger partial charge in [0.25, 0.3) is 11.8 Å². The molecule has 9 heteroatoms. The summed E-state index contributed by atoms with van der Waals surface area (Å²) >= 11 is 3.41. The number of nitrogens with zero attached hydrogens (tertiary/aromatic N) is 2. The van der Waals surface area contributed by atoms with Gasteiger partial charge in [-0.15, -0.1) is 0 Å². The molecule has 1 fully saturated rings. The number of ether oxygens (including phenoxy) is 1. The van der Waals surface area contributed by atoms with Gasteiger partial charge < -0.3 is 15.4 Å². The predicted octanol–water partition coefficient (Wildman–Crippen LogP) is 4.50. The van der Waals surface area contributed by atoms with Crippen LogP contribution in [0.5, 0.6) is 0 Å². The summed E-state index contributed by atoms with van der Waals surface area (Å²) in [4.78, 5) is 28.4. The zero-order chi connectivity index (χ0) is 27.6. The number of anilines is 1. The van der Waals surface area contributed by atoms with Crippen molar-refractivity contribution in [2.75, 3.05) is 44.7 Å². The molecule has 0 radical (unpaired) electrons. The topological polar surface area (TPSA) is 95.1 Å². The fourth-order valence-electron chi connectivity index (χ4n) is 4.20. The molecule has 3 aromatic carbocycles. The van der Waals surface area contributed by atoms with E-state index in [1.807, 2.05) is 50.2 Å². The van der Waals surface area contributed by atoms with Gasteiger partial charge in [0.2, 0.25) is 0 Å². The first-order valence-electron chi connectivity index (χ1n) is 13.0. The fraction of sp³-hybridized carbons (Fsp3) is 0.300. The van der Waals surface area contributed by atoms with Crippen LogP contribution in [0.25, 0.3) is 0 Å². The lowest BCUT2D eigenvalue weighted by molar-refractivity contribution is 0.0384. The van der Waals surface area contributed by atoms with Crippen molar-refractivity contribution >= 4 is 39.6 Å². The molecule has 1 aliphatic heterocycles. The first-order chi connectivity index (χ1) is 18.9. The molecule has 0 bridgehead atoms. The molecule has 204 valence electrons. The highest BCUT2D eigenvalue weighted by atomic mass is 79.9. The van der Waals surface area contributed by atoms with E-state index >= 15 is 0 Å². The minimum atomic E-state index is -0.426. The van der Waals surface area contributed by atoms with Crippen LogP contribution >= 0.6 is 15.9 Å². The minimum Gasteiger partial charge on any atom is -0.379 e. The molecule has 39 heavy (non-hydrogen) atoms. The molecule has 1 aliphatic rings. The number of nitrogens with one attached hydrogen (secondary N) is 3. The Morgan fingerprint density at radius 3 is 2.62 bits per heavy atom. The third kappa shape index (κ3) is 8.56. The summed E-state index contributed by atoms with van der Waals surface area (Å²) < 4.78 is 6.11. The van der Waals surface area contributed by atoms with Crippen molar-refractivity contribution in [3.05, 3.63) is 98.5 Å². The van der Waals surface area contributed by atoms with Gasteiger partial charge in [0.05, 0.1) is 30.7 Å². The van der Waals surface area contributed by atoms with Gasteiger partial charge in [-0.3, -0.25) is 14.5 Å². The second kappa shape index (κ2) is 14.1. The summed E-state index contributed by atoms with van der Waals surface area (Å²) in [6, 6.07) is 18.6. The molecular formula is C30H34BrN5O3. The predicted molar refractivity (Wildman–Crippen MR) is 158 cm³/mol. The van der Waals surface area contributed by atoms with Crippen molar-refractivity contribution in [2.45, 2.75) is 20.4 Å². The van der Waals surface area contributed by atoms with Gasteiger partial charge >= 0.3 is 0 Å². The summed E-state index contributed by atoms with van der Waals surface area (Å²) in [5.74, 6) is -0.718. The quantitative estimate of drug-likeness (QED) is 0.183. The maximum Gasteiger partial charge on any atom is 0.273 e. The molecule has 8 nitrogen and oxygen atoms in total. The van der Waals surface area contributed by atoms with Crippen LogP contribution < -0.4 is 16.1 Å². The van der Waals surface area contributed by atoms with Crippen molar-refractivity contribution < 1.29 is 14.3 Å². The van der Waals surface area contributed by atoms with Crippen LogP contribution in [0, 0.1) is 13.8 Å². The van der Waals surface area contributed by atoms with E-state index in [0.717, 1.165) is 56.1 Å². The zero-order valence-electron chi connectivity index (χ0n) is 22.3. The van der Waals surface area contributed by atoms with Gasteiger partial charge in [0, 0.05) is 42.8 Å². The lowest BCUT2D eigenvalue weighted by Crippen LogP contribution is -2.40. The number of amides is 2. The van der Waals surface area contributed by atoms with Crippen LogP contribution in [-0.4, -0.2) is 62.3 Å². The maximum absolute atomic E-state index is 13.1.